The van der Waals surface area contributed by atoms with Crippen molar-refractivity contribution in [3.05, 3.63) is 24.5 Å². The Bertz CT molecular complexity index is 634. The van der Waals surface area contributed by atoms with Gasteiger partial charge in [-0.15, -0.1) is 0 Å². The van der Waals surface area contributed by atoms with Gasteiger partial charge in [0, 0.05) is 56.6 Å². The minimum atomic E-state index is 0.479. The Kier molecular flexibility index (Phi) is 22.9. The Morgan fingerprint density at radius 2 is 1.85 bits per heavy atom. The fourth-order valence-corrected chi connectivity index (χ4v) is 4.28. The molecule has 1 aromatic heterocycles. The van der Waals surface area contributed by atoms with Crippen LogP contribution in [0.2, 0.25) is 0 Å². The lowest BCUT2D eigenvalue weighted by atomic mass is 10.3. The minimum Gasteiger partial charge on any atom is -0.379 e. The summed E-state index contributed by atoms with van der Waals surface area (Å²) in [6.07, 6.45) is 9.82. The third-order valence-corrected chi connectivity index (χ3v) is 5.87. The minimum absolute atomic E-state index is 0.479. The average molecular weight is 494 g/mol. The van der Waals surface area contributed by atoms with Crippen LogP contribution in [-0.2, 0) is 4.74 Å². The van der Waals surface area contributed by atoms with Crippen molar-refractivity contribution in [1.82, 2.24) is 19.5 Å². The third-order valence-electron chi connectivity index (χ3n) is 4.67. The normalized spacial score (nSPS) is 13.7. The topological polar surface area (TPSA) is 88.8 Å². The SMILES string of the molecule is CC.CC.CCCN(CCCN1CCOCC1)SCCCCN=C(NC#N)Nc1ccncc1. The largest absolute Gasteiger partial charge is 0.379 e. The molecule has 1 saturated heterocycles. The molecule has 194 valence electrons. The first kappa shape index (κ1) is 32.1. The molecule has 0 spiro atoms. The molecule has 1 aliphatic rings. The number of aliphatic imine (C=N–C) groups is 1. The molecule has 0 atom stereocenters. The van der Waals surface area contributed by atoms with Crippen molar-refractivity contribution >= 4 is 23.6 Å². The number of unbranched alkanes of at least 4 members (excludes halogenated alkanes) is 1. The summed E-state index contributed by atoms with van der Waals surface area (Å²) in [5.41, 5.74) is 0.856. The number of aromatic nitrogens is 1. The Morgan fingerprint density at radius 3 is 2.50 bits per heavy atom. The monoisotopic (exact) mass is 493 g/mol. The van der Waals surface area contributed by atoms with Crippen molar-refractivity contribution in [2.45, 2.75) is 60.3 Å². The van der Waals surface area contributed by atoms with Crippen LogP contribution in [0.4, 0.5) is 5.69 Å². The second-order valence-electron chi connectivity index (χ2n) is 7.10. The van der Waals surface area contributed by atoms with E-state index in [1.165, 1.54) is 12.8 Å². The van der Waals surface area contributed by atoms with Gasteiger partial charge in [-0.1, -0.05) is 46.6 Å². The van der Waals surface area contributed by atoms with Crippen molar-refractivity contribution in [3.8, 4) is 6.19 Å². The standard InChI is InChI=1S/C21H35N7OS.2C2H6/c1-2-11-28(13-5-12-27-14-16-29-17-15-27)30-18-4-3-8-24-21(25-19-22)26-20-6-9-23-10-7-20;2*1-2/h6-7,9-10H,2-5,8,11-18H2,1H3,(H2,23,24,25,26);2*1-2H3. The molecule has 0 bridgehead atoms. The predicted octanol–water partition coefficient (Wildman–Crippen LogP) is 4.84. The predicted molar refractivity (Wildman–Crippen MR) is 147 cm³/mol. The summed E-state index contributed by atoms with van der Waals surface area (Å²) in [5.74, 6) is 1.58. The molecule has 2 rings (SSSR count). The first-order valence-electron chi connectivity index (χ1n) is 12.9. The van der Waals surface area contributed by atoms with Crippen LogP contribution in [0.1, 0.15) is 60.3 Å². The molecular weight excluding hydrogens is 446 g/mol. The number of rotatable bonds is 13. The molecule has 1 aliphatic heterocycles. The molecule has 2 heterocycles. The van der Waals surface area contributed by atoms with Crippen LogP contribution in [0.25, 0.3) is 0 Å². The van der Waals surface area contributed by atoms with Gasteiger partial charge in [0.2, 0.25) is 5.96 Å². The van der Waals surface area contributed by atoms with E-state index in [4.69, 9.17) is 10.00 Å². The van der Waals surface area contributed by atoms with Gasteiger partial charge in [-0.3, -0.25) is 24.5 Å². The highest BCUT2D eigenvalue weighted by molar-refractivity contribution is 7.97. The van der Waals surface area contributed by atoms with E-state index in [1.807, 2.05) is 58.0 Å². The van der Waals surface area contributed by atoms with E-state index in [1.54, 1.807) is 12.4 Å². The first-order chi connectivity index (χ1) is 16.8. The Morgan fingerprint density at radius 1 is 1.15 bits per heavy atom. The number of hydrogen-bond acceptors (Lipinski definition) is 7. The van der Waals surface area contributed by atoms with E-state index >= 15 is 0 Å². The molecule has 0 radical (unpaired) electrons. The number of pyridine rings is 1. The summed E-state index contributed by atoms with van der Waals surface area (Å²) in [5, 5.41) is 14.6. The molecule has 1 aromatic rings. The average Bonchev–Trinajstić information content (AvgIpc) is 2.89. The van der Waals surface area contributed by atoms with Crippen molar-refractivity contribution in [2.75, 3.05) is 63.6 Å². The van der Waals surface area contributed by atoms with E-state index in [2.05, 4.69) is 36.7 Å². The van der Waals surface area contributed by atoms with E-state index in [0.717, 1.165) is 70.2 Å². The quantitative estimate of drug-likeness (QED) is 0.101. The van der Waals surface area contributed by atoms with Gasteiger partial charge in [0.05, 0.1) is 13.2 Å². The Hall–Kier alpha value is -1.86. The lowest BCUT2D eigenvalue weighted by Crippen LogP contribution is -2.37. The number of guanidine groups is 1. The van der Waals surface area contributed by atoms with Gasteiger partial charge in [0.25, 0.3) is 0 Å². The number of nitrogens with one attached hydrogen (secondary N) is 2. The maximum atomic E-state index is 8.91. The Labute approximate surface area is 212 Å². The van der Waals surface area contributed by atoms with Crippen LogP contribution in [0.5, 0.6) is 0 Å². The van der Waals surface area contributed by atoms with Crippen LogP contribution in [0.3, 0.4) is 0 Å². The molecular formula is C25H47N7OS. The summed E-state index contributed by atoms with van der Waals surface area (Å²) < 4.78 is 7.93. The fraction of sp³-hybridized carbons (Fsp3) is 0.720. The van der Waals surface area contributed by atoms with Gasteiger partial charge in [-0.2, -0.15) is 5.26 Å². The van der Waals surface area contributed by atoms with Crippen LogP contribution in [0, 0.1) is 11.5 Å². The molecule has 0 aromatic carbocycles. The van der Waals surface area contributed by atoms with E-state index in [9.17, 15) is 0 Å². The summed E-state index contributed by atoms with van der Waals surface area (Å²) in [4.78, 5) is 11.0. The molecule has 0 amide bonds. The number of morpholine rings is 1. The summed E-state index contributed by atoms with van der Waals surface area (Å²) in [6, 6.07) is 3.68. The van der Waals surface area contributed by atoms with Crippen LogP contribution in [-0.4, -0.2) is 78.4 Å². The number of nitrogens with zero attached hydrogens (tertiary/aromatic N) is 5. The van der Waals surface area contributed by atoms with Crippen molar-refractivity contribution in [2.24, 2.45) is 4.99 Å². The third kappa shape index (κ3) is 16.7. The molecule has 34 heavy (non-hydrogen) atoms. The van der Waals surface area contributed by atoms with E-state index in [0.29, 0.717) is 12.5 Å². The maximum absolute atomic E-state index is 8.91. The van der Waals surface area contributed by atoms with Gasteiger partial charge in [0.15, 0.2) is 6.19 Å². The number of hydrogen-bond donors (Lipinski definition) is 2. The van der Waals surface area contributed by atoms with E-state index in [-0.39, 0.29) is 0 Å². The summed E-state index contributed by atoms with van der Waals surface area (Å²) >= 11 is 1.96. The maximum Gasteiger partial charge on any atom is 0.209 e. The Balaban J connectivity index is 0.00000258. The lowest BCUT2D eigenvalue weighted by molar-refractivity contribution is 0.0370. The number of ether oxygens (including phenoxy) is 1. The van der Waals surface area contributed by atoms with Gasteiger partial charge >= 0.3 is 0 Å². The van der Waals surface area contributed by atoms with Crippen molar-refractivity contribution < 1.29 is 4.74 Å². The second-order valence-corrected chi connectivity index (χ2v) is 8.29. The fourth-order valence-electron chi connectivity index (χ4n) is 3.12. The number of nitriles is 1. The highest BCUT2D eigenvalue weighted by Crippen LogP contribution is 2.14. The zero-order chi connectivity index (χ0) is 25.3. The zero-order valence-corrected chi connectivity index (χ0v) is 22.9. The smallest absolute Gasteiger partial charge is 0.209 e. The van der Waals surface area contributed by atoms with Gasteiger partial charge in [0.1, 0.15) is 0 Å². The van der Waals surface area contributed by atoms with Crippen LogP contribution in [0.15, 0.2) is 29.5 Å². The highest BCUT2D eigenvalue weighted by atomic mass is 32.2. The van der Waals surface area contributed by atoms with Crippen molar-refractivity contribution in [1.29, 1.82) is 5.26 Å². The zero-order valence-electron chi connectivity index (χ0n) is 22.1. The van der Waals surface area contributed by atoms with Crippen molar-refractivity contribution in [3.63, 3.8) is 0 Å². The first-order valence-corrected chi connectivity index (χ1v) is 13.8. The molecule has 0 aliphatic carbocycles. The van der Waals surface area contributed by atoms with Crippen LogP contribution < -0.4 is 10.6 Å². The summed E-state index contributed by atoms with van der Waals surface area (Å²) in [7, 11) is 0. The lowest BCUT2D eigenvalue weighted by Gasteiger charge is -2.28. The second kappa shape index (κ2) is 24.3. The van der Waals surface area contributed by atoms with Gasteiger partial charge in [-0.05, 0) is 44.4 Å². The van der Waals surface area contributed by atoms with Crippen LogP contribution >= 0.6 is 11.9 Å². The molecule has 1 fully saturated rings. The molecule has 0 saturated carbocycles. The summed E-state index contributed by atoms with van der Waals surface area (Å²) in [6.45, 7) is 18.3. The van der Waals surface area contributed by atoms with E-state index < -0.39 is 0 Å². The molecule has 0 unspecified atom stereocenters. The number of anilines is 1. The van der Waals surface area contributed by atoms with Gasteiger partial charge < -0.3 is 10.1 Å². The molecule has 8 nitrogen and oxygen atoms in total. The molecule has 2 N–H and O–H groups in total. The van der Waals surface area contributed by atoms with Gasteiger partial charge in [-0.25, -0.2) is 0 Å². The highest BCUT2D eigenvalue weighted by Gasteiger charge is 2.11. The molecule has 9 heteroatoms.